The molecule has 0 saturated carbocycles. The molecule has 0 spiro atoms. The predicted octanol–water partition coefficient (Wildman–Crippen LogP) is 3.83. The number of fused-ring (bicyclic) bond motifs is 1. The van der Waals surface area contributed by atoms with Crippen LogP contribution in [0, 0.1) is 5.82 Å². The number of aryl methyl sites for hydroxylation is 1. The van der Waals surface area contributed by atoms with Crippen LogP contribution in [0.15, 0.2) is 36.4 Å². The molecule has 0 saturated heterocycles. The van der Waals surface area contributed by atoms with E-state index < -0.39 is 0 Å². The highest BCUT2D eigenvalue weighted by molar-refractivity contribution is 6.01. The summed E-state index contributed by atoms with van der Waals surface area (Å²) in [7, 11) is 0. The van der Waals surface area contributed by atoms with Gasteiger partial charge < -0.3 is 5.11 Å². The summed E-state index contributed by atoms with van der Waals surface area (Å²) in [4.78, 5) is 11.6. The summed E-state index contributed by atoms with van der Waals surface area (Å²) in [6.45, 7) is 0. The zero-order valence-electron chi connectivity index (χ0n) is 10.8. The van der Waals surface area contributed by atoms with E-state index in [1.54, 1.807) is 24.3 Å². The molecule has 0 radical (unpaired) electrons. The fourth-order valence-corrected chi connectivity index (χ4v) is 2.39. The van der Waals surface area contributed by atoms with E-state index in [9.17, 15) is 14.3 Å². The standard InChI is InChI=1S/C17H13FO2/c18-14-6-2-11(3-7-14)1-4-13-9-12-5-8-16(19)15(12)10-17(13)20/h1-4,6-7,9-10,20H,5,8H2/b4-1+. The van der Waals surface area contributed by atoms with Crippen molar-refractivity contribution in [3.63, 3.8) is 0 Å². The van der Waals surface area contributed by atoms with Gasteiger partial charge in [0.25, 0.3) is 0 Å². The van der Waals surface area contributed by atoms with E-state index in [1.165, 1.54) is 18.2 Å². The molecule has 1 N–H and O–H groups in total. The Morgan fingerprint density at radius 3 is 2.55 bits per heavy atom. The summed E-state index contributed by atoms with van der Waals surface area (Å²) in [6, 6.07) is 9.49. The van der Waals surface area contributed by atoms with Crippen molar-refractivity contribution < 1.29 is 14.3 Å². The first-order chi connectivity index (χ1) is 9.63. The number of benzene rings is 2. The normalized spacial score (nSPS) is 13.9. The summed E-state index contributed by atoms with van der Waals surface area (Å²) in [5.41, 5.74) is 3.12. The molecular weight excluding hydrogens is 255 g/mol. The Hall–Kier alpha value is -2.42. The molecule has 0 aromatic heterocycles. The predicted molar refractivity (Wildman–Crippen MR) is 76.1 cm³/mol. The maximum Gasteiger partial charge on any atom is 0.163 e. The van der Waals surface area contributed by atoms with E-state index in [0.29, 0.717) is 17.5 Å². The van der Waals surface area contributed by atoms with E-state index in [1.807, 2.05) is 6.07 Å². The molecule has 0 atom stereocenters. The van der Waals surface area contributed by atoms with Crippen molar-refractivity contribution in [1.82, 2.24) is 0 Å². The number of carbonyl (C=O) groups is 1. The number of carbonyl (C=O) groups excluding carboxylic acids is 1. The van der Waals surface area contributed by atoms with Gasteiger partial charge in [-0.15, -0.1) is 0 Å². The Balaban J connectivity index is 1.91. The number of phenols is 1. The van der Waals surface area contributed by atoms with Gasteiger partial charge in [-0.1, -0.05) is 24.3 Å². The number of phenolic OH excluding ortho intramolecular Hbond substituents is 1. The van der Waals surface area contributed by atoms with Crippen molar-refractivity contribution in [1.29, 1.82) is 0 Å². The first kappa shape index (κ1) is 12.6. The lowest BCUT2D eigenvalue weighted by molar-refractivity contribution is 0.0994. The van der Waals surface area contributed by atoms with E-state index >= 15 is 0 Å². The monoisotopic (exact) mass is 268 g/mol. The molecule has 0 amide bonds. The zero-order valence-corrected chi connectivity index (χ0v) is 10.8. The minimum absolute atomic E-state index is 0.0874. The van der Waals surface area contributed by atoms with E-state index in [-0.39, 0.29) is 17.3 Å². The Kier molecular flexibility index (Phi) is 3.11. The lowest BCUT2D eigenvalue weighted by Gasteiger charge is -2.03. The van der Waals surface area contributed by atoms with Crippen LogP contribution in [0.3, 0.4) is 0 Å². The Labute approximate surface area is 116 Å². The topological polar surface area (TPSA) is 37.3 Å². The molecule has 3 heteroatoms. The van der Waals surface area contributed by atoms with Crippen LogP contribution < -0.4 is 0 Å². The van der Waals surface area contributed by atoms with Crippen molar-refractivity contribution in [3.05, 3.63) is 64.5 Å². The largest absolute Gasteiger partial charge is 0.507 e. The van der Waals surface area contributed by atoms with Crippen molar-refractivity contribution >= 4 is 17.9 Å². The summed E-state index contributed by atoms with van der Waals surface area (Å²) in [5, 5.41) is 9.95. The number of aromatic hydroxyl groups is 1. The molecule has 1 aliphatic rings. The van der Waals surface area contributed by atoms with Crippen molar-refractivity contribution in [3.8, 4) is 5.75 Å². The van der Waals surface area contributed by atoms with Crippen LogP contribution >= 0.6 is 0 Å². The van der Waals surface area contributed by atoms with Gasteiger partial charge in [0.1, 0.15) is 11.6 Å². The van der Waals surface area contributed by atoms with Crippen molar-refractivity contribution in [2.75, 3.05) is 0 Å². The molecule has 0 bridgehead atoms. The Morgan fingerprint density at radius 2 is 1.80 bits per heavy atom. The molecular formula is C17H13FO2. The van der Waals surface area contributed by atoms with Crippen molar-refractivity contribution in [2.45, 2.75) is 12.8 Å². The highest BCUT2D eigenvalue weighted by Gasteiger charge is 2.20. The maximum atomic E-state index is 12.8. The first-order valence-corrected chi connectivity index (χ1v) is 6.46. The van der Waals surface area contributed by atoms with Crippen LogP contribution in [0.5, 0.6) is 5.75 Å². The minimum atomic E-state index is -0.277. The molecule has 0 fully saturated rings. The molecule has 3 rings (SSSR count). The second-order valence-corrected chi connectivity index (χ2v) is 4.88. The fourth-order valence-electron chi connectivity index (χ4n) is 2.39. The fraction of sp³-hybridized carbons (Fsp3) is 0.118. The van der Waals surface area contributed by atoms with Gasteiger partial charge in [-0.25, -0.2) is 4.39 Å². The van der Waals surface area contributed by atoms with Gasteiger partial charge in [-0.2, -0.15) is 0 Å². The zero-order chi connectivity index (χ0) is 14.1. The molecule has 20 heavy (non-hydrogen) atoms. The maximum absolute atomic E-state index is 12.8. The van der Waals surface area contributed by atoms with Gasteiger partial charge in [0.15, 0.2) is 5.78 Å². The highest BCUT2D eigenvalue weighted by atomic mass is 19.1. The molecule has 2 aromatic carbocycles. The van der Waals surface area contributed by atoms with Gasteiger partial charge >= 0.3 is 0 Å². The van der Waals surface area contributed by atoms with E-state index in [4.69, 9.17) is 0 Å². The number of hydrogen-bond acceptors (Lipinski definition) is 2. The molecule has 0 aliphatic heterocycles. The van der Waals surface area contributed by atoms with Crippen molar-refractivity contribution in [2.24, 2.45) is 0 Å². The summed E-state index contributed by atoms with van der Waals surface area (Å²) in [6.07, 6.45) is 4.81. The molecule has 1 aliphatic carbocycles. The first-order valence-electron chi connectivity index (χ1n) is 6.46. The van der Waals surface area contributed by atoms with Crippen LogP contribution in [0.25, 0.3) is 12.2 Å². The van der Waals surface area contributed by atoms with Gasteiger partial charge in [0.05, 0.1) is 0 Å². The van der Waals surface area contributed by atoms with Gasteiger partial charge in [0, 0.05) is 17.5 Å². The number of ketones is 1. The lowest BCUT2D eigenvalue weighted by Crippen LogP contribution is -1.91. The van der Waals surface area contributed by atoms with Crippen LogP contribution in [-0.2, 0) is 6.42 Å². The average Bonchev–Trinajstić information content (AvgIpc) is 2.79. The van der Waals surface area contributed by atoms with E-state index in [0.717, 1.165) is 17.5 Å². The minimum Gasteiger partial charge on any atom is -0.507 e. The Morgan fingerprint density at radius 1 is 1.05 bits per heavy atom. The van der Waals surface area contributed by atoms with Crippen LogP contribution in [0.4, 0.5) is 4.39 Å². The molecule has 2 aromatic rings. The second kappa shape index (κ2) is 4.93. The average molecular weight is 268 g/mol. The number of hydrogen-bond donors (Lipinski definition) is 1. The van der Waals surface area contributed by atoms with Gasteiger partial charge in [-0.3, -0.25) is 4.79 Å². The summed E-state index contributed by atoms with van der Waals surface area (Å²) < 4.78 is 12.8. The SMILES string of the molecule is O=C1CCc2cc(/C=C/c3ccc(F)cc3)c(O)cc21. The summed E-state index contributed by atoms with van der Waals surface area (Å²) in [5.74, 6) is -0.0947. The number of Topliss-reactive ketones (excluding diaryl/α,β-unsaturated/α-hetero) is 1. The number of halogens is 1. The molecule has 100 valence electrons. The third kappa shape index (κ3) is 2.35. The van der Waals surface area contributed by atoms with Crippen LogP contribution in [0.1, 0.15) is 33.5 Å². The van der Waals surface area contributed by atoms with Crippen LogP contribution in [-0.4, -0.2) is 10.9 Å². The third-order valence-electron chi connectivity index (χ3n) is 3.50. The third-order valence-corrected chi connectivity index (χ3v) is 3.50. The van der Waals surface area contributed by atoms with Gasteiger partial charge in [-0.05, 0) is 41.8 Å². The molecule has 2 nitrogen and oxygen atoms in total. The smallest absolute Gasteiger partial charge is 0.163 e. The Bertz CT molecular complexity index is 700. The summed E-state index contributed by atoms with van der Waals surface area (Å²) >= 11 is 0. The molecule has 0 unspecified atom stereocenters. The second-order valence-electron chi connectivity index (χ2n) is 4.88. The number of rotatable bonds is 2. The lowest BCUT2D eigenvalue weighted by atomic mass is 10.0. The van der Waals surface area contributed by atoms with Gasteiger partial charge in [0.2, 0.25) is 0 Å². The molecule has 0 heterocycles. The quantitative estimate of drug-likeness (QED) is 0.840. The van der Waals surface area contributed by atoms with Crippen LogP contribution in [0.2, 0.25) is 0 Å². The van der Waals surface area contributed by atoms with E-state index in [2.05, 4.69) is 0 Å². The highest BCUT2D eigenvalue weighted by Crippen LogP contribution is 2.30.